The zero-order valence-corrected chi connectivity index (χ0v) is 9.20. The second-order valence-electron chi connectivity index (χ2n) is 5.59. The summed E-state index contributed by atoms with van der Waals surface area (Å²) in [4.78, 5) is 22.6. The largest absolute Gasteiger partial charge is 0.481 e. The van der Waals surface area contributed by atoms with Crippen molar-refractivity contribution < 1.29 is 19.8 Å². The second kappa shape index (κ2) is 2.36. The molecule has 15 heavy (non-hydrogen) atoms. The van der Waals surface area contributed by atoms with Crippen LogP contribution in [0.3, 0.4) is 0 Å². The third kappa shape index (κ3) is 0.734. The van der Waals surface area contributed by atoms with Gasteiger partial charge >= 0.3 is 11.9 Å². The van der Waals surface area contributed by atoms with Crippen LogP contribution in [0, 0.1) is 22.2 Å². The normalized spacial score (nSPS) is 45.9. The van der Waals surface area contributed by atoms with Crippen molar-refractivity contribution in [1.29, 1.82) is 0 Å². The lowest BCUT2D eigenvalue weighted by molar-refractivity contribution is -0.224. The summed E-state index contributed by atoms with van der Waals surface area (Å²) in [5.41, 5.74) is -1.83. The molecule has 0 saturated heterocycles. The van der Waals surface area contributed by atoms with E-state index in [0.717, 1.165) is 0 Å². The van der Waals surface area contributed by atoms with Crippen molar-refractivity contribution in [2.75, 3.05) is 0 Å². The summed E-state index contributed by atoms with van der Waals surface area (Å²) in [5.74, 6) is -2.64. The Morgan fingerprint density at radius 3 is 1.93 bits per heavy atom. The highest BCUT2D eigenvalue weighted by molar-refractivity contribution is 5.89. The van der Waals surface area contributed by atoms with Gasteiger partial charge in [0.05, 0.1) is 11.3 Å². The van der Waals surface area contributed by atoms with Gasteiger partial charge in [-0.05, 0) is 23.7 Å². The molecule has 4 nitrogen and oxygen atoms in total. The first-order valence-corrected chi connectivity index (χ1v) is 5.18. The second-order valence-corrected chi connectivity index (χ2v) is 5.59. The van der Waals surface area contributed by atoms with Crippen molar-refractivity contribution in [3.8, 4) is 0 Å². The monoisotopic (exact) mass is 212 g/mol. The van der Waals surface area contributed by atoms with Crippen LogP contribution in [0.2, 0.25) is 0 Å². The molecule has 0 amide bonds. The number of carboxylic acids is 2. The van der Waals surface area contributed by atoms with Crippen LogP contribution >= 0.6 is 0 Å². The molecule has 0 unspecified atom stereocenters. The van der Waals surface area contributed by atoms with E-state index in [1.165, 1.54) is 0 Å². The quantitative estimate of drug-likeness (QED) is 0.729. The van der Waals surface area contributed by atoms with E-state index in [1.807, 2.05) is 20.8 Å². The Morgan fingerprint density at radius 2 is 1.67 bits per heavy atom. The summed E-state index contributed by atoms with van der Waals surface area (Å²) < 4.78 is 0. The van der Waals surface area contributed by atoms with Crippen molar-refractivity contribution >= 4 is 11.9 Å². The van der Waals surface area contributed by atoms with E-state index in [-0.39, 0.29) is 5.41 Å². The lowest BCUT2D eigenvalue weighted by Crippen LogP contribution is -2.68. The number of rotatable bonds is 2. The van der Waals surface area contributed by atoms with Gasteiger partial charge in [0.2, 0.25) is 0 Å². The van der Waals surface area contributed by atoms with Gasteiger partial charge in [0.15, 0.2) is 0 Å². The van der Waals surface area contributed by atoms with E-state index >= 15 is 0 Å². The molecule has 0 radical (unpaired) electrons. The smallest absolute Gasteiger partial charge is 0.311 e. The molecule has 0 spiro atoms. The Balaban J connectivity index is 2.55. The average molecular weight is 212 g/mol. The van der Waals surface area contributed by atoms with Crippen molar-refractivity contribution in [2.24, 2.45) is 22.2 Å². The molecule has 3 fully saturated rings. The number of carbonyl (C=O) groups is 2. The maximum Gasteiger partial charge on any atom is 0.311 e. The molecule has 2 N–H and O–H groups in total. The van der Waals surface area contributed by atoms with Crippen LogP contribution in [-0.4, -0.2) is 22.2 Å². The van der Waals surface area contributed by atoms with E-state index in [0.29, 0.717) is 12.8 Å². The van der Waals surface area contributed by atoms with Crippen LogP contribution < -0.4 is 0 Å². The van der Waals surface area contributed by atoms with Crippen molar-refractivity contribution in [2.45, 2.75) is 33.6 Å². The minimum Gasteiger partial charge on any atom is -0.481 e. The number of aliphatic carboxylic acids is 2. The van der Waals surface area contributed by atoms with Gasteiger partial charge in [0, 0.05) is 0 Å². The molecule has 3 atom stereocenters. The fourth-order valence-electron chi connectivity index (χ4n) is 4.05. The van der Waals surface area contributed by atoms with Gasteiger partial charge in [-0.3, -0.25) is 9.59 Å². The molecule has 0 heterocycles. The highest BCUT2D eigenvalue weighted by Crippen LogP contribution is 2.80. The number of carboxylic acid groups (broad SMARTS) is 2. The van der Waals surface area contributed by atoms with E-state index in [9.17, 15) is 14.7 Å². The first-order chi connectivity index (χ1) is 6.72. The number of fused-ring (bicyclic) bond motifs is 1. The van der Waals surface area contributed by atoms with Gasteiger partial charge in [-0.25, -0.2) is 0 Å². The molecule has 84 valence electrons. The third-order valence-electron chi connectivity index (χ3n) is 5.34. The van der Waals surface area contributed by atoms with Gasteiger partial charge in [0.1, 0.15) is 0 Å². The van der Waals surface area contributed by atoms with E-state index in [2.05, 4.69) is 0 Å². The average Bonchev–Trinajstić information content (AvgIpc) is 2.51. The molecule has 0 aromatic rings. The summed E-state index contributed by atoms with van der Waals surface area (Å²) in [5, 5.41) is 18.5. The van der Waals surface area contributed by atoms with Gasteiger partial charge in [-0.15, -0.1) is 0 Å². The Morgan fingerprint density at radius 1 is 1.13 bits per heavy atom. The van der Waals surface area contributed by atoms with Gasteiger partial charge < -0.3 is 10.2 Å². The Hall–Kier alpha value is -1.06. The fraction of sp³-hybridized carbons (Fsp3) is 0.818. The number of hydrogen-bond donors (Lipinski definition) is 2. The lowest BCUT2D eigenvalue weighted by atomic mass is 9.38. The maximum absolute atomic E-state index is 11.4. The van der Waals surface area contributed by atoms with Gasteiger partial charge in [-0.1, -0.05) is 20.8 Å². The molecule has 3 aliphatic rings. The molecule has 3 saturated carbocycles. The van der Waals surface area contributed by atoms with Crippen LogP contribution in [0.4, 0.5) is 0 Å². The van der Waals surface area contributed by atoms with Gasteiger partial charge in [-0.2, -0.15) is 0 Å². The lowest BCUT2D eigenvalue weighted by Gasteiger charge is -2.63. The summed E-state index contributed by atoms with van der Waals surface area (Å²) in [6.07, 6.45) is 1.19. The molecular weight excluding hydrogens is 196 g/mol. The first-order valence-electron chi connectivity index (χ1n) is 5.18. The zero-order chi connectivity index (χ0) is 11.6. The van der Waals surface area contributed by atoms with Crippen LogP contribution in [0.15, 0.2) is 0 Å². The van der Waals surface area contributed by atoms with Crippen molar-refractivity contribution in [3.05, 3.63) is 0 Å². The van der Waals surface area contributed by atoms with Gasteiger partial charge in [0.25, 0.3) is 0 Å². The van der Waals surface area contributed by atoms with E-state index < -0.39 is 28.7 Å². The summed E-state index contributed by atoms with van der Waals surface area (Å²) in [7, 11) is 0. The summed E-state index contributed by atoms with van der Waals surface area (Å²) in [6, 6.07) is 0. The molecule has 2 bridgehead atoms. The predicted molar refractivity (Wildman–Crippen MR) is 52.3 cm³/mol. The topological polar surface area (TPSA) is 74.6 Å². The molecular formula is C11H16O4. The molecule has 0 aromatic carbocycles. The maximum atomic E-state index is 11.4. The minimum atomic E-state index is -1.05. The zero-order valence-electron chi connectivity index (χ0n) is 9.20. The highest BCUT2D eigenvalue weighted by atomic mass is 16.4. The van der Waals surface area contributed by atoms with Crippen LogP contribution in [0.25, 0.3) is 0 Å². The molecule has 3 rings (SSSR count). The molecule has 0 aliphatic heterocycles. The molecule has 0 aromatic heterocycles. The van der Waals surface area contributed by atoms with Crippen molar-refractivity contribution in [1.82, 2.24) is 0 Å². The standard InChI is InChI=1S/C11H16O4/c1-9(2)10(3)4-5-11(9,8(14)15)6(10)7(12)13/h6H,4-5H2,1-3H3,(H,12,13)(H,14,15)/t6-,10+,11-/m1/s1. The first kappa shape index (κ1) is 10.5. The minimum absolute atomic E-state index is 0.364. The predicted octanol–water partition coefficient (Wildman–Crippen LogP) is 1.60. The third-order valence-corrected chi connectivity index (χ3v) is 5.34. The SMILES string of the molecule is CC1(C)[C@@]2(C)CC[C@]1(C(=O)O)[C@@H]2C(=O)O. The summed E-state index contributed by atoms with van der Waals surface area (Å²) >= 11 is 0. The van der Waals surface area contributed by atoms with Crippen molar-refractivity contribution in [3.63, 3.8) is 0 Å². The van der Waals surface area contributed by atoms with Crippen LogP contribution in [-0.2, 0) is 9.59 Å². The molecule has 3 aliphatic carbocycles. The molecule has 4 heteroatoms. The Bertz CT molecular complexity index is 357. The van der Waals surface area contributed by atoms with E-state index in [1.54, 1.807) is 0 Å². The number of hydrogen-bond acceptors (Lipinski definition) is 2. The highest BCUT2D eigenvalue weighted by Gasteiger charge is 2.83. The summed E-state index contributed by atoms with van der Waals surface area (Å²) in [6.45, 7) is 5.67. The Labute approximate surface area is 88.3 Å². The fourth-order valence-corrected chi connectivity index (χ4v) is 4.05. The van der Waals surface area contributed by atoms with Crippen LogP contribution in [0.5, 0.6) is 0 Å². The van der Waals surface area contributed by atoms with Crippen LogP contribution in [0.1, 0.15) is 33.6 Å². The Kier molecular flexibility index (Phi) is 1.65. The van der Waals surface area contributed by atoms with E-state index in [4.69, 9.17) is 5.11 Å².